The van der Waals surface area contributed by atoms with E-state index in [-0.39, 0.29) is 18.8 Å². The molecule has 1 aromatic rings. The number of pyridine rings is 1. The molecule has 1 atom stereocenters. The zero-order valence-corrected chi connectivity index (χ0v) is 9.18. The third kappa shape index (κ3) is 4.27. The van der Waals surface area contributed by atoms with Crippen LogP contribution in [0.4, 0.5) is 0 Å². The van der Waals surface area contributed by atoms with Gasteiger partial charge in [-0.1, -0.05) is 6.07 Å². The first kappa shape index (κ1) is 11.9. The molecule has 1 unspecified atom stereocenters. The van der Waals surface area contributed by atoms with E-state index in [9.17, 15) is 0 Å². The number of aromatic nitrogens is 1. The summed E-state index contributed by atoms with van der Waals surface area (Å²) in [5, 5.41) is 8.83. The van der Waals surface area contributed by atoms with Gasteiger partial charge in [0.15, 0.2) is 0 Å². The van der Waals surface area contributed by atoms with Crippen molar-refractivity contribution in [2.75, 3.05) is 6.61 Å². The maximum Gasteiger partial charge on any atom is 0.213 e. The van der Waals surface area contributed by atoms with Crippen molar-refractivity contribution >= 4 is 0 Å². The van der Waals surface area contributed by atoms with Gasteiger partial charge in [-0.25, -0.2) is 4.98 Å². The number of aliphatic hydroxyl groups excluding tert-OH is 1. The monoisotopic (exact) mass is 210 g/mol. The molecule has 0 aliphatic carbocycles. The van der Waals surface area contributed by atoms with E-state index in [2.05, 4.69) is 4.98 Å². The van der Waals surface area contributed by atoms with Gasteiger partial charge >= 0.3 is 0 Å². The molecule has 0 aliphatic rings. The maximum absolute atomic E-state index is 8.83. The molecule has 4 nitrogen and oxygen atoms in total. The minimum atomic E-state index is -0.258. The fourth-order valence-electron chi connectivity index (χ4n) is 1.21. The Kier molecular flexibility index (Phi) is 4.52. The van der Waals surface area contributed by atoms with Crippen LogP contribution in [0.1, 0.15) is 19.5 Å². The first-order chi connectivity index (χ1) is 7.11. The molecule has 1 heterocycles. The van der Waals surface area contributed by atoms with Crippen LogP contribution in [-0.2, 0) is 6.42 Å². The Morgan fingerprint density at radius 3 is 2.80 bits per heavy atom. The number of aliphatic hydroxyl groups is 1. The van der Waals surface area contributed by atoms with Gasteiger partial charge in [-0.3, -0.25) is 0 Å². The number of rotatable bonds is 5. The quantitative estimate of drug-likeness (QED) is 0.751. The molecule has 0 fully saturated rings. The summed E-state index contributed by atoms with van der Waals surface area (Å²) in [4.78, 5) is 4.29. The lowest BCUT2D eigenvalue weighted by Crippen LogP contribution is -2.27. The first-order valence-electron chi connectivity index (χ1n) is 5.11. The smallest absolute Gasteiger partial charge is 0.213 e. The predicted molar refractivity (Wildman–Crippen MR) is 58.8 cm³/mol. The number of nitrogens with zero attached hydrogens (tertiary/aromatic N) is 1. The summed E-state index contributed by atoms with van der Waals surface area (Å²) in [6.07, 6.45) is 0.672. The van der Waals surface area contributed by atoms with Gasteiger partial charge in [0, 0.05) is 24.2 Å². The highest BCUT2D eigenvalue weighted by atomic mass is 16.5. The number of hydrogen-bond donors (Lipinski definition) is 2. The molecule has 4 heteroatoms. The van der Waals surface area contributed by atoms with E-state index >= 15 is 0 Å². The van der Waals surface area contributed by atoms with Crippen LogP contribution >= 0.6 is 0 Å². The minimum Gasteiger partial charge on any atom is -0.475 e. The molecule has 0 radical (unpaired) electrons. The van der Waals surface area contributed by atoms with Crippen molar-refractivity contribution in [3.8, 4) is 5.88 Å². The highest BCUT2D eigenvalue weighted by molar-refractivity contribution is 5.16. The second kappa shape index (κ2) is 5.68. The van der Waals surface area contributed by atoms with Crippen molar-refractivity contribution in [2.24, 2.45) is 5.73 Å². The van der Waals surface area contributed by atoms with Crippen molar-refractivity contribution in [2.45, 2.75) is 32.4 Å². The van der Waals surface area contributed by atoms with E-state index in [1.165, 1.54) is 0 Å². The Morgan fingerprint density at radius 1 is 1.47 bits per heavy atom. The van der Waals surface area contributed by atoms with Crippen molar-refractivity contribution in [1.29, 1.82) is 0 Å². The summed E-state index contributed by atoms with van der Waals surface area (Å²) in [5.41, 5.74) is 6.47. The Morgan fingerprint density at radius 2 is 2.20 bits per heavy atom. The molecular weight excluding hydrogens is 192 g/mol. The summed E-state index contributed by atoms with van der Waals surface area (Å²) < 4.78 is 5.46. The van der Waals surface area contributed by atoms with Crippen LogP contribution in [0.15, 0.2) is 18.2 Å². The lowest BCUT2D eigenvalue weighted by atomic mass is 10.1. The fourth-order valence-corrected chi connectivity index (χ4v) is 1.21. The van der Waals surface area contributed by atoms with Crippen LogP contribution in [0.5, 0.6) is 5.88 Å². The number of ether oxygens (including phenoxy) is 1. The third-order valence-corrected chi connectivity index (χ3v) is 1.84. The molecule has 1 aromatic heterocycles. The molecule has 0 saturated carbocycles. The molecule has 0 bridgehead atoms. The van der Waals surface area contributed by atoms with Gasteiger partial charge in [0.1, 0.15) is 0 Å². The average molecular weight is 210 g/mol. The Hall–Kier alpha value is -1.13. The highest BCUT2D eigenvalue weighted by Gasteiger charge is 2.05. The van der Waals surface area contributed by atoms with Crippen LogP contribution in [0.3, 0.4) is 0 Å². The van der Waals surface area contributed by atoms with Gasteiger partial charge in [-0.15, -0.1) is 0 Å². The molecule has 3 N–H and O–H groups in total. The van der Waals surface area contributed by atoms with Gasteiger partial charge < -0.3 is 15.6 Å². The van der Waals surface area contributed by atoms with Gasteiger partial charge in [0.2, 0.25) is 5.88 Å². The first-order valence-corrected chi connectivity index (χ1v) is 5.11. The normalized spacial score (nSPS) is 12.9. The van der Waals surface area contributed by atoms with Crippen LogP contribution in [0, 0.1) is 0 Å². The van der Waals surface area contributed by atoms with E-state index in [0.29, 0.717) is 12.3 Å². The second-order valence-electron chi connectivity index (χ2n) is 3.78. The number of hydrogen-bond acceptors (Lipinski definition) is 4. The van der Waals surface area contributed by atoms with Gasteiger partial charge in [-0.05, 0) is 19.9 Å². The van der Waals surface area contributed by atoms with Crippen molar-refractivity contribution in [3.05, 3.63) is 23.9 Å². The molecule has 0 aromatic carbocycles. The SMILES string of the molecule is CC(C)Oc1cccc(CC(N)CO)n1. The minimum absolute atomic E-state index is 0.0308. The largest absolute Gasteiger partial charge is 0.475 e. The molecule has 0 saturated heterocycles. The topological polar surface area (TPSA) is 68.4 Å². The summed E-state index contributed by atoms with van der Waals surface area (Å²) in [7, 11) is 0. The van der Waals surface area contributed by atoms with E-state index in [1.54, 1.807) is 0 Å². The van der Waals surface area contributed by atoms with Crippen LogP contribution in [0.25, 0.3) is 0 Å². The zero-order valence-electron chi connectivity index (χ0n) is 9.18. The summed E-state index contributed by atoms with van der Waals surface area (Å²) in [6.45, 7) is 3.87. The van der Waals surface area contributed by atoms with Crippen LogP contribution in [0.2, 0.25) is 0 Å². The number of nitrogens with two attached hydrogens (primary N) is 1. The van der Waals surface area contributed by atoms with Crippen molar-refractivity contribution in [3.63, 3.8) is 0 Å². The molecular formula is C11H18N2O2. The molecule has 0 aliphatic heterocycles. The predicted octanol–water partition coefficient (Wildman–Crippen LogP) is 0.731. The maximum atomic E-state index is 8.83. The summed E-state index contributed by atoms with van der Waals surface area (Å²) >= 11 is 0. The Balaban J connectivity index is 2.65. The fraction of sp³-hybridized carbons (Fsp3) is 0.545. The van der Waals surface area contributed by atoms with Crippen LogP contribution in [-0.4, -0.2) is 28.8 Å². The van der Waals surface area contributed by atoms with E-state index in [1.807, 2.05) is 32.0 Å². The van der Waals surface area contributed by atoms with Gasteiger partial charge in [0.05, 0.1) is 12.7 Å². The standard InChI is InChI=1S/C11H18N2O2/c1-8(2)15-11-5-3-4-10(13-11)6-9(12)7-14/h3-5,8-9,14H,6-7,12H2,1-2H3. The molecule has 0 amide bonds. The van der Waals surface area contributed by atoms with Gasteiger partial charge in [0.25, 0.3) is 0 Å². The lowest BCUT2D eigenvalue weighted by Gasteiger charge is -2.11. The van der Waals surface area contributed by atoms with Crippen LogP contribution < -0.4 is 10.5 Å². The van der Waals surface area contributed by atoms with E-state index in [4.69, 9.17) is 15.6 Å². The van der Waals surface area contributed by atoms with E-state index < -0.39 is 0 Å². The second-order valence-corrected chi connectivity index (χ2v) is 3.78. The summed E-state index contributed by atoms with van der Waals surface area (Å²) in [6, 6.07) is 5.31. The molecule has 0 spiro atoms. The van der Waals surface area contributed by atoms with Crippen molar-refractivity contribution < 1.29 is 9.84 Å². The van der Waals surface area contributed by atoms with E-state index in [0.717, 1.165) is 5.69 Å². The van der Waals surface area contributed by atoms with Crippen molar-refractivity contribution in [1.82, 2.24) is 4.98 Å². The summed E-state index contributed by atoms with van der Waals surface area (Å²) in [5.74, 6) is 0.604. The average Bonchev–Trinajstić information content (AvgIpc) is 2.17. The zero-order chi connectivity index (χ0) is 11.3. The van der Waals surface area contributed by atoms with Gasteiger partial charge in [-0.2, -0.15) is 0 Å². The Bertz CT molecular complexity index is 302. The Labute approximate surface area is 90.1 Å². The lowest BCUT2D eigenvalue weighted by molar-refractivity contribution is 0.231. The highest BCUT2D eigenvalue weighted by Crippen LogP contribution is 2.10. The molecule has 84 valence electrons. The third-order valence-electron chi connectivity index (χ3n) is 1.84. The molecule has 15 heavy (non-hydrogen) atoms. The molecule has 1 rings (SSSR count).